The van der Waals surface area contributed by atoms with Crippen LogP contribution in [0.4, 0.5) is 5.69 Å². The number of hydrogen-bond donors (Lipinski definition) is 2. The van der Waals surface area contributed by atoms with Crippen LogP contribution >= 0.6 is 11.8 Å². The zero-order chi connectivity index (χ0) is 18.4. The second-order valence-corrected chi connectivity index (χ2v) is 6.66. The van der Waals surface area contributed by atoms with Crippen LogP contribution in [0.2, 0.25) is 0 Å². The minimum absolute atomic E-state index is 0.0505. The van der Waals surface area contributed by atoms with Crippen molar-refractivity contribution in [1.29, 1.82) is 0 Å². The number of thioether (sulfide) groups is 1. The molecule has 0 aliphatic heterocycles. The van der Waals surface area contributed by atoms with Crippen molar-refractivity contribution in [3.8, 4) is 5.75 Å². The maximum absolute atomic E-state index is 12.4. The number of phenolic OH excluding ortho intramolecular Hbond substituents is 1. The smallest absolute Gasteiger partial charge is 0.255 e. The first-order chi connectivity index (χ1) is 12.6. The van der Waals surface area contributed by atoms with E-state index in [1.165, 1.54) is 23.9 Å². The molecule has 0 saturated heterocycles. The molecule has 0 bridgehead atoms. The van der Waals surface area contributed by atoms with E-state index in [9.17, 15) is 14.7 Å². The van der Waals surface area contributed by atoms with E-state index < -0.39 is 0 Å². The highest BCUT2D eigenvalue weighted by molar-refractivity contribution is 8.00. The third-order valence-corrected chi connectivity index (χ3v) is 4.68. The first-order valence-corrected chi connectivity index (χ1v) is 9.02. The van der Waals surface area contributed by atoms with Crippen molar-refractivity contribution in [2.45, 2.75) is 4.90 Å². The van der Waals surface area contributed by atoms with Crippen LogP contribution in [-0.4, -0.2) is 22.5 Å². The fourth-order valence-corrected chi connectivity index (χ4v) is 3.18. The van der Waals surface area contributed by atoms with Gasteiger partial charge >= 0.3 is 0 Å². The van der Waals surface area contributed by atoms with Crippen molar-refractivity contribution in [2.24, 2.45) is 0 Å². The molecule has 4 nitrogen and oxygen atoms in total. The Labute approximate surface area is 155 Å². The van der Waals surface area contributed by atoms with Crippen molar-refractivity contribution in [2.75, 3.05) is 11.1 Å². The van der Waals surface area contributed by atoms with Gasteiger partial charge in [0.2, 0.25) is 0 Å². The number of nitrogens with one attached hydrogen (secondary N) is 1. The minimum atomic E-state index is -0.243. The summed E-state index contributed by atoms with van der Waals surface area (Å²) in [5.74, 6) is 0.263. The monoisotopic (exact) mass is 363 g/mol. The first-order valence-electron chi connectivity index (χ1n) is 8.03. The molecule has 0 radical (unpaired) electrons. The van der Waals surface area contributed by atoms with Crippen molar-refractivity contribution < 1.29 is 14.7 Å². The minimum Gasteiger partial charge on any atom is -0.508 e. The summed E-state index contributed by atoms with van der Waals surface area (Å²) >= 11 is 1.40. The number of hydrogen-bond acceptors (Lipinski definition) is 4. The zero-order valence-electron chi connectivity index (χ0n) is 13.9. The number of rotatable bonds is 6. The lowest BCUT2D eigenvalue weighted by Crippen LogP contribution is -2.11. The molecule has 0 unspecified atom stereocenters. The van der Waals surface area contributed by atoms with Gasteiger partial charge in [0.05, 0.1) is 5.75 Å². The predicted molar refractivity (Wildman–Crippen MR) is 104 cm³/mol. The molecule has 0 aliphatic carbocycles. The molecule has 5 heteroatoms. The van der Waals surface area contributed by atoms with Gasteiger partial charge in [-0.05, 0) is 42.5 Å². The Morgan fingerprint density at radius 2 is 1.54 bits per heavy atom. The lowest BCUT2D eigenvalue weighted by atomic mass is 10.2. The average molecular weight is 363 g/mol. The van der Waals surface area contributed by atoms with E-state index in [1.807, 2.05) is 24.3 Å². The van der Waals surface area contributed by atoms with Gasteiger partial charge in [0, 0.05) is 21.7 Å². The second-order valence-electron chi connectivity index (χ2n) is 5.61. The molecule has 0 atom stereocenters. The molecule has 0 spiro atoms. The molecule has 3 aromatic carbocycles. The van der Waals surface area contributed by atoms with E-state index in [-0.39, 0.29) is 17.4 Å². The normalized spacial score (nSPS) is 10.3. The molecule has 2 N–H and O–H groups in total. The van der Waals surface area contributed by atoms with E-state index in [4.69, 9.17) is 0 Å². The van der Waals surface area contributed by atoms with Crippen LogP contribution in [-0.2, 0) is 0 Å². The van der Waals surface area contributed by atoms with Gasteiger partial charge in [0.25, 0.3) is 5.91 Å². The number of phenols is 1. The van der Waals surface area contributed by atoms with Crippen LogP contribution in [0.3, 0.4) is 0 Å². The van der Waals surface area contributed by atoms with Crippen LogP contribution < -0.4 is 5.32 Å². The molecule has 26 heavy (non-hydrogen) atoms. The Bertz CT molecular complexity index is 908. The molecule has 1 amide bonds. The lowest BCUT2D eigenvalue weighted by Gasteiger charge is -2.07. The van der Waals surface area contributed by atoms with Gasteiger partial charge in [-0.3, -0.25) is 9.59 Å². The third kappa shape index (κ3) is 4.74. The zero-order valence-corrected chi connectivity index (χ0v) is 14.7. The molecule has 3 rings (SSSR count). The number of amides is 1. The summed E-state index contributed by atoms with van der Waals surface area (Å²) < 4.78 is 0. The second kappa shape index (κ2) is 8.36. The summed E-state index contributed by atoms with van der Waals surface area (Å²) in [5.41, 5.74) is 1.79. The molecular formula is C21H17NO3S. The summed E-state index contributed by atoms with van der Waals surface area (Å²) in [5, 5.41) is 12.1. The van der Waals surface area contributed by atoms with Gasteiger partial charge in [0.1, 0.15) is 5.75 Å². The van der Waals surface area contributed by atoms with Gasteiger partial charge in [-0.2, -0.15) is 0 Å². The average Bonchev–Trinajstić information content (AvgIpc) is 2.69. The summed E-state index contributed by atoms with van der Waals surface area (Å²) in [4.78, 5) is 25.4. The number of aromatic hydroxyl groups is 1. The van der Waals surface area contributed by atoms with Crippen LogP contribution in [0, 0.1) is 0 Å². The molecule has 130 valence electrons. The Balaban J connectivity index is 1.63. The Kier molecular flexibility index (Phi) is 5.71. The molecular weight excluding hydrogens is 346 g/mol. The Morgan fingerprint density at radius 3 is 2.27 bits per heavy atom. The number of carbonyl (C=O) groups excluding carboxylic acids is 2. The van der Waals surface area contributed by atoms with Crippen LogP contribution in [0.5, 0.6) is 5.75 Å². The van der Waals surface area contributed by atoms with Gasteiger partial charge in [-0.1, -0.05) is 36.4 Å². The van der Waals surface area contributed by atoms with Crippen LogP contribution in [0.25, 0.3) is 0 Å². The van der Waals surface area contributed by atoms with Crippen molar-refractivity contribution in [3.05, 3.63) is 90.0 Å². The topological polar surface area (TPSA) is 66.4 Å². The van der Waals surface area contributed by atoms with Crippen LogP contribution in [0.1, 0.15) is 20.7 Å². The van der Waals surface area contributed by atoms with E-state index in [0.717, 1.165) is 4.90 Å². The SMILES string of the molecule is O=C(CSc1cccc(C(=O)Nc2ccc(O)cc2)c1)c1ccccc1. The molecule has 0 aliphatic rings. The van der Waals surface area contributed by atoms with Gasteiger partial charge in [-0.15, -0.1) is 11.8 Å². The highest BCUT2D eigenvalue weighted by Gasteiger charge is 2.09. The van der Waals surface area contributed by atoms with Crippen molar-refractivity contribution in [1.82, 2.24) is 0 Å². The van der Waals surface area contributed by atoms with Crippen LogP contribution in [0.15, 0.2) is 83.8 Å². The van der Waals surface area contributed by atoms with E-state index >= 15 is 0 Å². The third-order valence-electron chi connectivity index (χ3n) is 3.69. The van der Waals surface area contributed by atoms with Crippen molar-refractivity contribution >= 4 is 29.1 Å². The quantitative estimate of drug-likeness (QED) is 0.381. The standard InChI is InChI=1S/C21H17NO3S/c23-18-11-9-17(10-12-18)22-21(25)16-7-4-8-19(13-16)26-14-20(24)15-5-2-1-3-6-15/h1-13,23H,14H2,(H,22,25). The summed E-state index contributed by atoms with van der Waals surface area (Å²) in [6, 6.07) is 22.6. The highest BCUT2D eigenvalue weighted by atomic mass is 32.2. The van der Waals surface area contributed by atoms with Gasteiger partial charge < -0.3 is 10.4 Å². The predicted octanol–water partition coefficient (Wildman–Crippen LogP) is 4.62. The molecule has 3 aromatic rings. The number of carbonyl (C=O) groups is 2. The van der Waals surface area contributed by atoms with E-state index in [0.29, 0.717) is 22.6 Å². The maximum Gasteiger partial charge on any atom is 0.255 e. The fourth-order valence-electron chi connectivity index (χ4n) is 2.33. The summed E-state index contributed by atoms with van der Waals surface area (Å²) in [7, 11) is 0. The van der Waals surface area contributed by atoms with E-state index in [2.05, 4.69) is 5.32 Å². The lowest BCUT2D eigenvalue weighted by molar-refractivity contribution is 0.101. The van der Waals surface area contributed by atoms with E-state index in [1.54, 1.807) is 42.5 Å². The first kappa shape index (κ1) is 17.8. The number of ketones is 1. The molecule has 0 saturated carbocycles. The van der Waals surface area contributed by atoms with Gasteiger partial charge in [-0.25, -0.2) is 0 Å². The molecule has 0 fully saturated rings. The number of benzene rings is 3. The Morgan fingerprint density at radius 1 is 0.846 bits per heavy atom. The largest absolute Gasteiger partial charge is 0.508 e. The Hall–Kier alpha value is -3.05. The highest BCUT2D eigenvalue weighted by Crippen LogP contribution is 2.21. The molecule has 0 heterocycles. The van der Waals surface area contributed by atoms with Gasteiger partial charge in [0.15, 0.2) is 5.78 Å². The summed E-state index contributed by atoms with van der Waals surface area (Å²) in [6.07, 6.45) is 0. The molecule has 0 aromatic heterocycles. The number of anilines is 1. The van der Waals surface area contributed by atoms with Crippen molar-refractivity contribution in [3.63, 3.8) is 0 Å². The summed E-state index contributed by atoms with van der Waals surface area (Å²) in [6.45, 7) is 0. The fraction of sp³-hybridized carbons (Fsp3) is 0.0476. The number of Topliss-reactive ketones (excluding diaryl/α,β-unsaturated/α-hetero) is 1. The maximum atomic E-state index is 12.4.